The minimum absolute atomic E-state index is 0.0404. The number of benzene rings is 1. The second-order valence-electron chi connectivity index (χ2n) is 7.91. The molecule has 0 N–H and O–H groups in total. The molecule has 0 unspecified atom stereocenters. The lowest BCUT2D eigenvalue weighted by Gasteiger charge is -2.36. The van der Waals surface area contributed by atoms with Crippen molar-refractivity contribution in [1.29, 1.82) is 0 Å². The standard InChI is InChI=1S/C21H25N3O4S/c1-15-3-2-4-17(22-15)12-23-8-10-28-21-14-24(13-19(21)23)29(25,26)18-5-6-20-16(11-18)7-9-27-20/h2-6,11,19,21H,7-10,12-14H2,1H3/t19-,21-/m0/s1. The van der Waals surface area contributed by atoms with E-state index < -0.39 is 10.0 Å². The molecule has 0 aliphatic carbocycles. The zero-order valence-electron chi connectivity index (χ0n) is 16.5. The first-order chi connectivity index (χ1) is 14.0. The van der Waals surface area contributed by atoms with E-state index in [0.717, 1.165) is 35.7 Å². The van der Waals surface area contributed by atoms with E-state index in [1.165, 1.54) is 0 Å². The quantitative estimate of drug-likeness (QED) is 0.755. The molecule has 2 atom stereocenters. The molecular formula is C21H25N3O4S. The lowest BCUT2D eigenvalue weighted by atomic mass is 10.1. The van der Waals surface area contributed by atoms with Gasteiger partial charge in [-0.3, -0.25) is 9.88 Å². The SMILES string of the molecule is Cc1cccc(CN2CCO[C@H]3CN(S(=O)(=O)c4ccc5c(c4)CCO5)C[C@@H]32)n1. The van der Waals surface area contributed by atoms with Gasteiger partial charge in [0.2, 0.25) is 10.0 Å². The second kappa shape index (κ2) is 7.36. The van der Waals surface area contributed by atoms with Crippen LogP contribution in [0.4, 0.5) is 0 Å². The molecule has 3 aliphatic rings. The number of hydrogen-bond acceptors (Lipinski definition) is 6. The van der Waals surface area contributed by atoms with E-state index in [-0.39, 0.29) is 12.1 Å². The highest BCUT2D eigenvalue weighted by molar-refractivity contribution is 7.89. The van der Waals surface area contributed by atoms with E-state index in [2.05, 4.69) is 9.88 Å². The molecule has 0 spiro atoms. The number of nitrogens with zero attached hydrogens (tertiary/aromatic N) is 3. The molecule has 0 radical (unpaired) electrons. The number of pyridine rings is 1. The summed E-state index contributed by atoms with van der Waals surface area (Å²) in [5, 5.41) is 0. The summed E-state index contributed by atoms with van der Waals surface area (Å²) in [7, 11) is -3.57. The number of morpholine rings is 1. The van der Waals surface area contributed by atoms with E-state index in [1.807, 2.05) is 25.1 Å². The Balaban J connectivity index is 1.36. The Hall–Kier alpha value is -2.00. The van der Waals surface area contributed by atoms with Gasteiger partial charge in [0.05, 0.1) is 35.9 Å². The Morgan fingerprint density at radius 2 is 2.07 bits per heavy atom. The zero-order chi connectivity index (χ0) is 20.0. The van der Waals surface area contributed by atoms with Crippen molar-refractivity contribution in [2.75, 3.05) is 32.8 Å². The van der Waals surface area contributed by atoms with Crippen molar-refractivity contribution in [3.05, 3.63) is 53.3 Å². The van der Waals surface area contributed by atoms with E-state index in [1.54, 1.807) is 22.5 Å². The van der Waals surface area contributed by atoms with Gasteiger partial charge in [0.15, 0.2) is 0 Å². The van der Waals surface area contributed by atoms with Gasteiger partial charge in [0.25, 0.3) is 0 Å². The average molecular weight is 416 g/mol. The fraction of sp³-hybridized carbons (Fsp3) is 0.476. The molecule has 0 saturated carbocycles. The summed E-state index contributed by atoms with van der Waals surface area (Å²) < 4.78 is 39.6. The third kappa shape index (κ3) is 3.54. The van der Waals surface area contributed by atoms with E-state index in [0.29, 0.717) is 37.7 Å². The van der Waals surface area contributed by atoms with Crippen LogP contribution in [0.1, 0.15) is 17.0 Å². The Labute approximate surface area is 171 Å². The van der Waals surface area contributed by atoms with Crippen molar-refractivity contribution in [1.82, 2.24) is 14.2 Å². The summed E-state index contributed by atoms with van der Waals surface area (Å²) in [6.45, 7) is 5.51. The van der Waals surface area contributed by atoms with Crippen LogP contribution in [-0.2, 0) is 27.7 Å². The van der Waals surface area contributed by atoms with Crippen LogP contribution in [0, 0.1) is 6.92 Å². The normalized spacial score (nSPS) is 24.9. The summed E-state index contributed by atoms with van der Waals surface area (Å²) in [5.74, 6) is 0.791. The minimum Gasteiger partial charge on any atom is -0.493 e. The maximum absolute atomic E-state index is 13.3. The fourth-order valence-corrected chi connectivity index (χ4v) is 6.01. The van der Waals surface area contributed by atoms with Crippen LogP contribution in [0.3, 0.4) is 0 Å². The van der Waals surface area contributed by atoms with Crippen molar-refractivity contribution in [2.45, 2.75) is 36.9 Å². The van der Waals surface area contributed by atoms with Crippen molar-refractivity contribution in [3.63, 3.8) is 0 Å². The lowest BCUT2D eigenvalue weighted by Crippen LogP contribution is -2.50. The predicted octanol–water partition coefficient (Wildman–Crippen LogP) is 1.60. The van der Waals surface area contributed by atoms with Gasteiger partial charge in [-0.15, -0.1) is 0 Å². The van der Waals surface area contributed by atoms with E-state index in [4.69, 9.17) is 9.47 Å². The number of sulfonamides is 1. The van der Waals surface area contributed by atoms with Gasteiger partial charge in [-0.05, 0) is 42.8 Å². The Morgan fingerprint density at radius 1 is 1.17 bits per heavy atom. The predicted molar refractivity (Wildman–Crippen MR) is 107 cm³/mol. The Bertz CT molecular complexity index is 1030. The maximum atomic E-state index is 13.3. The first-order valence-corrected chi connectivity index (χ1v) is 11.5. The zero-order valence-corrected chi connectivity index (χ0v) is 17.3. The van der Waals surface area contributed by atoms with Gasteiger partial charge in [0, 0.05) is 38.3 Å². The molecule has 4 heterocycles. The molecule has 8 heteroatoms. The molecule has 2 aromatic rings. The molecule has 3 aliphatic heterocycles. The number of fused-ring (bicyclic) bond motifs is 2. The molecule has 5 rings (SSSR count). The topological polar surface area (TPSA) is 72.0 Å². The third-order valence-corrected chi connectivity index (χ3v) is 7.82. The summed E-state index contributed by atoms with van der Waals surface area (Å²) in [6, 6.07) is 11.2. The molecule has 1 aromatic carbocycles. The van der Waals surface area contributed by atoms with Gasteiger partial charge in [-0.25, -0.2) is 8.42 Å². The van der Waals surface area contributed by atoms with Gasteiger partial charge in [-0.1, -0.05) is 6.07 Å². The van der Waals surface area contributed by atoms with Crippen LogP contribution < -0.4 is 4.74 Å². The lowest BCUT2D eigenvalue weighted by molar-refractivity contribution is -0.0506. The van der Waals surface area contributed by atoms with Crippen molar-refractivity contribution < 1.29 is 17.9 Å². The van der Waals surface area contributed by atoms with Crippen LogP contribution in [0.15, 0.2) is 41.3 Å². The first-order valence-electron chi connectivity index (χ1n) is 10.0. The highest BCUT2D eigenvalue weighted by Gasteiger charge is 2.44. The highest BCUT2D eigenvalue weighted by atomic mass is 32.2. The van der Waals surface area contributed by atoms with Crippen LogP contribution in [0.5, 0.6) is 5.75 Å². The maximum Gasteiger partial charge on any atom is 0.243 e. The molecule has 7 nitrogen and oxygen atoms in total. The van der Waals surface area contributed by atoms with Gasteiger partial charge in [-0.2, -0.15) is 4.31 Å². The van der Waals surface area contributed by atoms with Crippen molar-refractivity contribution in [2.24, 2.45) is 0 Å². The smallest absolute Gasteiger partial charge is 0.243 e. The Morgan fingerprint density at radius 3 is 2.93 bits per heavy atom. The summed E-state index contributed by atoms with van der Waals surface area (Å²) in [4.78, 5) is 7.25. The summed E-state index contributed by atoms with van der Waals surface area (Å²) in [6.07, 6.45) is 0.644. The van der Waals surface area contributed by atoms with Gasteiger partial charge >= 0.3 is 0 Å². The third-order valence-electron chi connectivity index (χ3n) is 5.99. The van der Waals surface area contributed by atoms with Gasteiger partial charge in [0.1, 0.15) is 5.75 Å². The monoisotopic (exact) mass is 415 g/mol. The molecular weight excluding hydrogens is 390 g/mol. The van der Waals surface area contributed by atoms with E-state index in [9.17, 15) is 8.42 Å². The summed E-state index contributed by atoms with van der Waals surface area (Å²) >= 11 is 0. The van der Waals surface area contributed by atoms with Crippen molar-refractivity contribution in [3.8, 4) is 5.75 Å². The molecule has 0 amide bonds. The number of rotatable bonds is 4. The Kier molecular flexibility index (Phi) is 4.82. The fourth-order valence-electron chi connectivity index (χ4n) is 4.49. The number of aryl methyl sites for hydroxylation is 1. The van der Waals surface area contributed by atoms with Crippen molar-refractivity contribution >= 4 is 10.0 Å². The molecule has 2 fully saturated rings. The van der Waals surface area contributed by atoms with E-state index >= 15 is 0 Å². The largest absolute Gasteiger partial charge is 0.493 e. The highest BCUT2D eigenvalue weighted by Crippen LogP contribution is 2.32. The molecule has 29 heavy (non-hydrogen) atoms. The number of hydrogen-bond donors (Lipinski definition) is 0. The molecule has 1 aromatic heterocycles. The van der Waals surface area contributed by atoms with Crippen LogP contribution in [-0.4, -0.2) is 67.6 Å². The molecule has 0 bridgehead atoms. The van der Waals surface area contributed by atoms with Crippen LogP contribution in [0.2, 0.25) is 0 Å². The first kappa shape index (κ1) is 19.0. The number of ether oxygens (including phenoxy) is 2. The average Bonchev–Trinajstić information content (AvgIpc) is 3.35. The molecule has 154 valence electrons. The summed E-state index contributed by atoms with van der Waals surface area (Å²) in [5.41, 5.74) is 2.96. The number of aromatic nitrogens is 1. The second-order valence-corrected chi connectivity index (χ2v) is 9.85. The molecule has 2 saturated heterocycles. The van der Waals surface area contributed by atoms with Gasteiger partial charge < -0.3 is 9.47 Å². The van der Waals surface area contributed by atoms with Crippen LogP contribution >= 0.6 is 0 Å². The minimum atomic E-state index is -3.57. The van der Waals surface area contributed by atoms with Crippen LogP contribution in [0.25, 0.3) is 0 Å².